The number of carbonyl (C=O) groups is 1. The molecule has 1 aliphatic heterocycles. The van der Waals surface area contributed by atoms with Crippen LogP contribution in [0.5, 0.6) is 5.88 Å². The molecule has 0 radical (unpaired) electrons. The van der Waals surface area contributed by atoms with E-state index in [1.165, 1.54) is 25.4 Å². The molecular formula is C18H22N4O4S. The second kappa shape index (κ2) is 7.83. The Hall–Kier alpha value is -2.81. The van der Waals surface area contributed by atoms with Crippen LogP contribution < -0.4 is 20.1 Å². The molecule has 27 heavy (non-hydrogen) atoms. The largest absolute Gasteiger partial charge is 0.481 e. The first-order valence-electron chi connectivity index (χ1n) is 8.57. The zero-order valence-electron chi connectivity index (χ0n) is 15.0. The third-order valence-electron chi connectivity index (χ3n) is 4.62. The third-order valence-corrected chi connectivity index (χ3v) is 5.97. The normalized spacial score (nSPS) is 15.4. The maximum absolute atomic E-state index is 12.7. The molecule has 1 aromatic carbocycles. The van der Waals surface area contributed by atoms with E-state index >= 15 is 0 Å². The number of para-hydroxylation sites is 2. The van der Waals surface area contributed by atoms with E-state index in [1.807, 2.05) is 12.1 Å². The minimum absolute atomic E-state index is 0.0468. The highest BCUT2D eigenvalue weighted by molar-refractivity contribution is 7.92. The highest BCUT2D eigenvalue weighted by atomic mass is 32.2. The van der Waals surface area contributed by atoms with Crippen molar-refractivity contribution in [1.82, 2.24) is 4.98 Å². The average Bonchev–Trinajstić information content (AvgIpc) is 2.68. The standard InChI is InChI=1S/C18H22N4O4S/c1-26-17-7-6-14(12-20-17)27(24,25)21-15-4-2-3-5-16(15)22-10-8-13(9-11-22)18(19)23/h2-7,12-13,21H,8-11H2,1H3,(H2,19,23). The number of nitrogens with one attached hydrogen (secondary N) is 1. The molecule has 1 amide bonds. The van der Waals surface area contributed by atoms with Gasteiger partial charge >= 0.3 is 0 Å². The Kier molecular flexibility index (Phi) is 5.50. The van der Waals surface area contributed by atoms with Crippen molar-refractivity contribution in [1.29, 1.82) is 0 Å². The van der Waals surface area contributed by atoms with Gasteiger partial charge in [-0.3, -0.25) is 9.52 Å². The van der Waals surface area contributed by atoms with Crippen LogP contribution in [0.25, 0.3) is 0 Å². The van der Waals surface area contributed by atoms with Crippen LogP contribution in [0.15, 0.2) is 47.5 Å². The van der Waals surface area contributed by atoms with Crippen LogP contribution in [0, 0.1) is 5.92 Å². The van der Waals surface area contributed by atoms with Gasteiger partial charge in [-0.05, 0) is 31.0 Å². The Labute approximate surface area is 158 Å². The number of pyridine rings is 1. The van der Waals surface area contributed by atoms with Crippen molar-refractivity contribution in [2.24, 2.45) is 11.7 Å². The fraction of sp³-hybridized carbons (Fsp3) is 0.333. The Balaban J connectivity index is 1.80. The van der Waals surface area contributed by atoms with Gasteiger partial charge in [-0.15, -0.1) is 0 Å². The topological polar surface area (TPSA) is 115 Å². The van der Waals surface area contributed by atoms with Crippen molar-refractivity contribution < 1.29 is 17.9 Å². The summed E-state index contributed by atoms with van der Waals surface area (Å²) in [5.41, 5.74) is 6.63. The van der Waals surface area contributed by atoms with Crippen LogP contribution in [-0.4, -0.2) is 39.5 Å². The summed E-state index contributed by atoms with van der Waals surface area (Å²) in [7, 11) is -2.33. The van der Waals surface area contributed by atoms with Gasteiger partial charge in [0.25, 0.3) is 10.0 Å². The number of nitrogens with two attached hydrogens (primary N) is 1. The molecule has 0 unspecified atom stereocenters. The predicted molar refractivity (Wildman–Crippen MR) is 102 cm³/mol. The second-order valence-corrected chi connectivity index (χ2v) is 8.01. The van der Waals surface area contributed by atoms with Crippen LogP contribution >= 0.6 is 0 Å². The number of primary amides is 1. The van der Waals surface area contributed by atoms with Gasteiger partial charge in [-0.2, -0.15) is 0 Å². The van der Waals surface area contributed by atoms with E-state index in [0.717, 1.165) is 5.69 Å². The number of rotatable bonds is 6. The SMILES string of the molecule is COc1ccc(S(=O)(=O)Nc2ccccc2N2CCC(C(N)=O)CC2)cn1. The molecule has 0 saturated carbocycles. The smallest absolute Gasteiger partial charge is 0.263 e. The lowest BCUT2D eigenvalue weighted by Gasteiger charge is -2.33. The second-order valence-electron chi connectivity index (χ2n) is 6.32. The Morgan fingerprint density at radius 1 is 1.22 bits per heavy atom. The molecule has 0 spiro atoms. The van der Waals surface area contributed by atoms with Gasteiger partial charge in [0.05, 0.1) is 24.7 Å². The first-order chi connectivity index (χ1) is 12.9. The summed E-state index contributed by atoms with van der Waals surface area (Å²) in [4.78, 5) is 17.4. The lowest BCUT2D eigenvalue weighted by atomic mass is 9.96. The molecular weight excluding hydrogens is 368 g/mol. The van der Waals surface area contributed by atoms with Crippen LogP contribution in [0.2, 0.25) is 0 Å². The van der Waals surface area contributed by atoms with Gasteiger partial charge in [0.15, 0.2) is 0 Å². The fourth-order valence-electron chi connectivity index (χ4n) is 3.09. The quantitative estimate of drug-likeness (QED) is 0.774. The van der Waals surface area contributed by atoms with E-state index in [4.69, 9.17) is 10.5 Å². The number of ether oxygens (including phenoxy) is 1. The lowest BCUT2D eigenvalue weighted by molar-refractivity contribution is -0.122. The Bertz CT molecular complexity index is 907. The number of methoxy groups -OCH3 is 1. The number of anilines is 2. The molecule has 3 rings (SSSR count). The minimum atomic E-state index is -3.79. The zero-order chi connectivity index (χ0) is 19.4. The number of hydrogen-bond donors (Lipinski definition) is 2. The average molecular weight is 390 g/mol. The van der Waals surface area contributed by atoms with Gasteiger partial charge in [0, 0.05) is 25.1 Å². The fourth-order valence-corrected chi connectivity index (χ4v) is 4.11. The number of aromatic nitrogens is 1. The maximum atomic E-state index is 12.7. The van der Waals surface area contributed by atoms with Gasteiger partial charge in [0.1, 0.15) is 4.90 Å². The van der Waals surface area contributed by atoms with Gasteiger partial charge in [-0.1, -0.05) is 12.1 Å². The summed E-state index contributed by atoms with van der Waals surface area (Å²) in [6, 6.07) is 10.1. The highest BCUT2D eigenvalue weighted by Gasteiger charge is 2.25. The molecule has 0 aliphatic carbocycles. The molecule has 1 fully saturated rings. The summed E-state index contributed by atoms with van der Waals surface area (Å²) < 4.78 is 33.0. The van der Waals surface area contributed by atoms with Crippen molar-refractivity contribution in [2.75, 3.05) is 29.8 Å². The Morgan fingerprint density at radius 2 is 1.93 bits per heavy atom. The van der Waals surface area contributed by atoms with Crippen molar-refractivity contribution in [3.05, 3.63) is 42.6 Å². The first kappa shape index (κ1) is 19.0. The van der Waals surface area contributed by atoms with Gasteiger partial charge in [0.2, 0.25) is 11.8 Å². The van der Waals surface area contributed by atoms with E-state index in [9.17, 15) is 13.2 Å². The summed E-state index contributed by atoms with van der Waals surface area (Å²) >= 11 is 0. The molecule has 2 aromatic rings. The van der Waals surface area contributed by atoms with E-state index in [1.54, 1.807) is 12.1 Å². The molecule has 3 N–H and O–H groups in total. The molecule has 0 bridgehead atoms. The number of sulfonamides is 1. The molecule has 8 nitrogen and oxygen atoms in total. The lowest BCUT2D eigenvalue weighted by Crippen LogP contribution is -2.38. The number of hydrogen-bond acceptors (Lipinski definition) is 6. The van der Waals surface area contributed by atoms with Crippen LogP contribution in [-0.2, 0) is 14.8 Å². The van der Waals surface area contributed by atoms with Crippen molar-refractivity contribution >= 4 is 27.3 Å². The number of piperidine rings is 1. The third kappa shape index (κ3) is 4.30. The van der Waals surface area contributed by atoms with Gasteiger partial charge in [-0.25, -0.2) is 13.4 Å². The number of carbonyl (C=O) groups excluding carboxylic acids is 1. The summed E-state index contributed by atoms with van der Waals surface area (Å²) in [6.45, 7) is 1.27. The monoisotopic (exact) mass is 390 g/mol. The Morgan fingerprint density at radius 3 is 2.52 bits per heavy atom. The van der Waals surface area contributed by atoms with Crippen molar-refractivity contribution in [3.8, 4) is 5.88 Å². The predicted octanol–water partition coefficient (Wildman–Crippen LogP) is 1.59. The van der Waals surface area contributed by atoms with Crippen molar-refractivity contribution in [2.45, 2.75) is 17.7 Å². The van der Waals surface area contributed by atoms with E-state index in [0.29, 0.717) is 37.5 Å². The van der Waals surface area contributed by atoms with Crippen LogP contribution in [0.3, 0.4) is 0 Å². The molecule has 9 heteroatoms. The molecule has 1 aliphatic rings. The van der Waals surface area contributed by atoms with E-state index in [2.05, 4.69) is 14.6 Å². The van der Waals surface area contributed by atoms with Crippen LogP contribution in [0.4, 0.5) is 11.4 Å². The molecule has 144 valence electrons. The number of benzene rings is 1. The molecule has 1 saturated heterocycles. The first-order valence-corrected chi connectivity index (χ1v) is 10.0. The summed E-state index contributed by atoms with van der Waals surface area (Å²) in [6.07, 6.45) is 2.56. The summed E-state index contributed by atoms with van der Waals surface area (Å²) in [5.74, 6) is -0.0715. The highest BCUT2D eigenvalue weighted by Crippen LogP contribution is 2.31. The molecule has 1 aromatic heterocycles. The van der Waals surface area contributed by atoms with E-state index < -0.39 is 10.0 Å². The summed E-state index contributed by atoms with van der Waals surface area (Å²) in [5, 5.41) is 0. The zero-order valence-corrected chi connectivity index (χ0v) is 15.8. The number of nitrogens with zero attached hydrogens (tertiary/aromatic N) is 2. The van der Waals surface area contributed by atoms with Gasteiger partial charge < -0.3 is 15.4 Å². The molecule has 0 atom stereocenters. The molecule has 2 heterocycles. The van der Waals surface area contributed by atoms with E-state index in [-0.39, 0.29) is 16.7 Å². The van der Waals surface area contributed by atoms with Crippen molar-refractivity contribution in [3.63, 3.8) is 0 Å². The number of amides is 1. The maximum Gasteiger partial charge on any atom is 0.263 e. The minimum Gasteiger partial charge on any atom is -0.481 e. The van der Waals surface area contributed by atoms with Crippen LogP contribution in [0.1, 0.15) is 12.8 Å².